The molecule has 0 spiro atoms. The molecule has 132 valence electrons. The average molecular weight is 405 g/mol. The molecule has 0 saturated heterocycles. The molecular formula is C19H21BrN2O3. The number of ether oxygens (including phenoxy) is 1. The van der Waals surface area contributed by atoms with E-state index in [0.29, 0.717) is 11.3 Å². The summed E-state index contributed by atoms with van der Waals surface area (Å²) in [4.78, 5) is 11.9. The van der Waals surface area contributed by atoms with Crippen LogP contribution in [0.3, 0.4) is 0 Å². The van der Waals surface area contributed by atoms with Gasteiger partial charge in [0, 0.05) is 4.47 Å². The maximum Gasteiger partial charge on any atom is 0.277 e. The van der Waals surface area contributed by atoms with Crippen molar-refractivity contribution in [1.82, 2.24) is 5.43 Å². The molecule has 1 amide bonds. The van der Waals surface area contributed by atoms with Crippen molar-refractivity contribution in [2.75, 3.05) is 6.61 Å². The maximum absolute atomic E-state index is 11.9. The summed E-state index contributed by atoms with van der Waals surface area (Å²) >= 11 is 3.52. The SMILES string of the molecule is Cc1cc(OCC(=O)NN=Cc2cccc(O)c2)c(C(C)C)cc1Br. The van der Waals surface area contributed by atoms with E-state index in [1.807, 2.05) is 19.1 Å². The number of nitrogens with zero attached hydrogens (tertiary/aromatic N) is 1. The quantitative estimate of drug-likeness (QED) is 0.561. The first kappa shape index (κ1) is 19.0. The predicted octanol–water partition coefficient (Wildman–Crippen LogP) is 4.12. The number of aryl methyl sites for hydroxylation is 1. The first-order chi connectivity index (χ1) is 11.9. The number of carbonyl (C=O) groups excluding carboxylic acids is 1. The summed E-state index contributed by atoms with van der Waals surface area (Å²) in [7, 11) is 0. The fourth-order valence-electron chi connectivity index (χ4n) is 2.21. The second kappa shape index (κ2) is 8.67. The Balaban J connectivity index is 1.95. The minimum atomic E-state index is -0.355. The van der Waals surface area contributed by atoms with E-state index in [4.69, 9.17) is 4.74 Å². The van der Waals surface area contributed by atoms with Gasteiger partial charge < -0.3 is 9.84 Å². The molecule has 0 fully saturated rings. The molecule has 2 N–H and O–H groups in total. The number of phenols is 1. The number of nitrogens with one attached hydrogen (secondary N) is 1. The van der Waals surface area contributed by atoms with E-state index in [9.17, 15) is 9.90 Å². The number of hydrazone groups is 1. The van der Waals surface area contributed by atoms with Gasteiger partial charge in [-0.2, -0.15) is 5.10 Å². The van der Waals surface area contributed by atoms with Gasteiger partial charge >= 0.3 is 0 Å². The molecule has 0 aromatic heterocycles. The van der Waals surface area contributed by atoms with Crippen molar-refractivity contribution in [3.8, 4) is 11.5 Å². The fourth-order valence-corrected chi connectivity index (χ4v) is 2.57. The van der Waals surface area contributed by atoms with Gasteiger partial charge in [0.2, 0.25) is 0 Å². The third kappa shape index (κ3) is 5.60. The van der Waals surface area contributed by atoms with Crippen molar-refractivity contribution < 1.29 is 14.6 Å². The Kier molecular flexibility index (Phi) is 6.58. The average Bonchev–Trinajstić information content (AvgIpc) is 2.55. The first-order valence-corrected chi connectivity index (χ1v) is 8.70. The molecule has 0 radical (unpaired) electrons. The predicted molar refractivity (Wildman–Crippen MR) is 102 cm³/mol. The number of halogens is 1. The highest BCUT2D eigenvalue weighted by Crippen LogP contribution is 2.32. The van der Waals surface area contributed by atoms with Crippen LogP contribution in [0.5, 0.6) is 11.5 Å². The van der Waals surface area contributed by atoms with E-state index in [1.54, 1.807) is 24.3 Å². The summed E-state index contributed by atoms with van der Waals surface area (Å²) in [6.45, 7) is 5.99. The van der Waals surface area contributed by atoms with Gasteiger partial charge in [-0.3, -0.25) is 4.79 Å². The highest BCUT2D eigenvalue weighted by atomic mass is 79.9. The molecule has 0 saturated carbocycles. The Labute approximate surface area is 155 Å². The lowest BCUT2D eigenvalue weighted by Gasteiger charge is -2.15. The Bertz CT molecular complexity index is 788. The molecule has 0 bridgehead atoms. The van der Waals surface area contributed by atoms with Crippen LogP contribution < -0.4 is 10.2 Å². The Morgan fingerprint density at radius 3 is 2.80 bits per heavy atom. The third-order valence-electron chi connectivity index (χ3n) is 3.54. The Morgan fingerprint density at radius 1 is 1.36 bits per heavy atom. The van der Waals surface area contributed by atoms with Crippen molar-refractivity contribution in [2.24, 2.45) is 5.10 Å². The number of amides is 1. The molecule has 2 rings (SSSR count). The zero-order chi connectivity index (χ0) is 18.4. The van der Waals surface area contributed by atoms with Gasteiger partial charge in [-0.05, 0) is 53.8 Å². The summed E-state index contributed by atoms with van der Waals surface area (Å²) in [5, 5.41) is 13.2. The summed E-state index contributed by atoms with van der Waals surface area (Å²) in [6.07, 6.45) is 1.46. The molecule has 0 atom stereocenters. The van der Waals surface area contributed by atoms with Crippen molar-refractivity contribution in [3.63, 3.8) is 0 Å². The minimum absolute atomic E-state index is 0.127. The molecule has 0 unspecified atom stereocenters. The van der Waals surface area contributed by atoms with Crippen LogP contribution in [0.25, 0.3) is 0 Å². The lowest BCUT2D eigenvalue weighted by molar-refractivity contribution is -0.123. The van der Waals surface area contributed by atoms with Gasteiger partial charge in [-0.1, -0.05) is 41.9 Å². The molecule has 0 heterocycles. The van der Waals surface area contributed by atoms with Crippen molar-refractivity contribution in [3.05, 3.63) is 57.6 Å². The van der Waals surface area contributed by atoms with Crippen molar-refractivity contribution in [2.45, 2.75) is 26.7 Å². The van der Waals surface area contributed by atoms with Crippen molar-refractivity contribution >= 4 is 28.1 Å². The molecular weight excluding hydrogens is 384 g/mol. The first-order valence-electron chi connectivity index (χ1n) is 7.90. The van der Waals surface area contributed by atoms with Crippen LogP contribution in [0.15, 0.2) is 46.0 Å². The topological polar surface area (TPSA) is 70.9 Å². The van der Waals surface area contributed by atoms with Gasteiger partial charge in [0.1, 0.15) is 11.5 Å². The van der Waals surface area contributed by atoms with E-state index in [2.05, 4.69) is 40.3 Å². The van der Waals surface area contributed by atoms with E-state index in [0.717, 1.165) is 15.6 Å². The number of phenolic OH excluding ortho intramolecular Hbond substituents is 1. The number of rotatable bonds is 6. The number of hydrogen-bond donors (Lipinski definition) is 2. The van der Waals surface area contributed by atoms with E-state index in [-0.39, 0.29) is 24.2 Å². The van der Waals surface area contributed by atoms with Gasteiger partial charge in [0.25, 0.3) is 5.91 Å². The van der Waals surface area contributed by atoms with Crippen LogP contribution in [0.1, 0.15) is 36.5 Å². The monoisotopic (exact) mass is 404 g/mol. The second-order valence-corrected chi connectivity index (χ2v) is 6.83. The highest BCUT2D eigenvalue weighted by Gasteiger charge is 2.12. The molecule has 6 heteroatoms. The van der Waals surface area contributed by atoms with Crippen LogP contribution in [0.2, 0.25) is 0 Å². The van der Waals surface area contributed by atoms with E-state index >= 15 is 0 Å². The zero-order valence-corrected chi connectivity index (χ0v) is 16.0. The zero-order valence-electron chi connectivity index (χ0n) is 14.4. The summed E-state index contributed by atoms with van der Waals surface area (Å²) < 4.78 is 6.69. The molecule has 0 aliphatic carbocycles. The summed E-state index contributed by atoms with van der Waals surface area (Å²) in [5.74, 6) is 0.763. The van der Waals surface area contributed by atoms with Crippen LogP contribution in [0.4, 0.5) is 0 Å². The minimum Gasteiger partial charge on any atom is -0.508 e. The maximum atomic E-state index is 11.9. The number of carbonyl (C=O) groups is 1. The molecule has 2 aromatic carbocycles. The van der Waals surface area contributed by atoms with E-state index in [1.165, 1.54) is 6.21 Å². The molecule has 5 nitrogen and oxygen atoms in total. The largest absolute Gasteiger partial charge is 0.508 e. The Morgan fingerprint density at radius 2 is 2.12 bits per heavy atom. The van der Waals surface area contributed by atoms with Crippen LogP contribution in [-0.4, -0.2) is 23.8 Å². The van der Waals surface area contributed by atoms with Gasteiger partial charge in [-0.25, -0.2) is 5.43 Å². The number of aromatic hydroxyl groups is 1. The fraction of sp³-hybridized carbons (Fsp3) is 0.263. The molecule has 0 aliphatic rings. The standard InChI is InChI=1S/C19H21BrN2O3/c1-12(2)16-9-17(20)13(3)7-18(16)25-11-19(24)22-21-10-14-5-4-6-15(23)8-14/h4-10,12,23H,11H2,1-3H3,(H,22,24). The highest BCUT2D eigenvalue weighted by molar-refractivity contribution is 9.10. The van der Waals surface area contributed by atoms with E-state index < -0.39 is 0 Å². The lowest BCUT2D eigenvalue weighted by atomic mass is 10.0. The van der Waals surface area contributed by atoms with Gasteiger partial charge in [0.05, 0.1) is 6.21 Å². The van der Waals surface area contributed by atoms with Gasteiger partial charge in [-0.15, -0.1) is 0 Å². The van der Waals surface area contributed by atoms with Crippen LogP contribution >= 0.6 is 15.9 Å². The van der Waals surface area contributed by atoms with Crippen molar-refractivity contribution in [1.29, 1.82) is 0 Å². The molecule has 2 aromatic rings. The number of hydrogen-bond acceptors (Lipinski definition) is 4. The third-order valence-corrected chi connectivity index (χ3v) is 4.40. The normalized spacial score (nSPS) is 11.1. The van der Waals surface area contributed by atoms with Crippen LogP contribution in [0, 0.1) is 6.92 Å². The lowest BCUT2D eigenvalue weighted by Crippen LogP contribution is -2.25. The smallest absolute Gasteiger partial charge is 0.277 e. The van der Waals surface area contributed by atoms with Crippen LogP contribution in [-0.2, 0) is 4.79 Å². The molecule has 25 heavy (non-hydrogen) atoms. The van der Waals surface area contributed by atoms with Gasteiger partial charge in [0.15, 0.2) is 6.61 Å². The summed E-state index contributed by atoms with van der Waals surface area (Å²) in [6, 6.07) is 10.5. The number of benzene rings is 2. The summed E-state index contributed by atoms with van der Waals surface area (Å²) in [5.41, 5.74) is 5.18. The molecule has 0 aliphatic heterocycles. The second-order valence-electron chi connectivity index (χ2n) is 5.97. The Hall–Kier alpha value is -2.34.